The second-order valence-electron chi connectivity index (χ2n) is 7.35. The molecule has 1 aromatic heterocycles. The summed E-state index contributed by atoms with van der Waals surface area (Å²) in [4.78, 5) is 17.0. The van der Waals surface area contributed by atoms with E-state index in [4.69, 9.17) is 0 Å². The molecule has 1 fully saturated rings. The zero-order chi connectivity index (χ0) is 18.7. The predicted molar refractivity (Wildman–Crippen MR) is 105 cm³/mol. The van der Waals surface area contributed by atoms with Crippen molar-refractivity contribution in [3.8, 4) is 0 Å². The van der Waals surface area contributed by atoms with Crippen molar-refractivity contribution in [1.29, 1.82) is 0 Å². The predicted octanol–water partition coefficient (Wildman–Crippen LogP) is 3.23. The molecule has 5 nitrogen and oxygen atoms in total. The van der Waals surface area contributed by atoms with Crippen LogP contribution >= 0.6 is 0 Å². The molecule has 3 rings (SSSR count). The average Bonchev–Trinajstić information content (AvgIpc) is 3.23. The Morgan fingerprint density at radius 1 is 1.19 bits per heavy atom. The molecule has 2 heterocycles. The van der Waals surface area contributed by atoms with Gasteiger partial charge in [-0.15, -0.1) is 0 Å². The Morgan fingerprint density at radius 2 is 1.88 bits per heavy atom. The van der Waals surface area contributed by atoms with E-state index in [2.05, 4.69) is 41.2 Å². The number of rotatable bonds is 6. The van der Waals surface area contributed by atoms with Crippen LogP contribution in [-0.4, -0.2) is 40.7 Å². The van der Waals surface area contributed by atoms with Crippen LogP contribution in [0.2, 0.25) is 0 Å². The van der Waals surface area contributed by atoms with Gasteiger partial charge in [0.15, 0.2) is 0 Å². The van der Waals surface area contributed by atoms with E-state index in [1.807, 2.05) is 30.6 Å². The van der Waals surface area contributed by atoms with Crippen LogP contribution in [0.15, 0.2) is 24.3 Å². The van der Waals surface area contributed by atoms with E-state index in [0.717, 1.165) is 30.9 Å². The van der Waals surface area contributed by atoms with Crippen LogP contribution in [-0.2, 0) is 24.8 Å². The molecular weight excluding hydrogens is 324 g/mol. The van der Waals surface area contributed by atoms with Gasteiger partial charge in [-0.2, -0.15) is 5.10 Å². The maximum Gasteiger partial charge on any atom is 0.222 e. The van der Waals surface area contributed by atoms with Gasteiger partial charge in [-0.05, 0) is 50.3 Å². The number of hydrogen-bond donors (Lipinski definition) is 0. The van der Waals surface area contributed by atoms with Crippen molar-refractivity contribution < 1.29 is 4.79 Å². The molecule has 1 aliphatic rings. The summed E-state index contributed by atoms with van der Waals surface area (Å²) in [5, 5.41) is 4.44. The van der Waals surface area contributed by atoms with E-state index in [1.165, 1.54) is 29.7 Å². The highest BCUT2D eigenvalue weighted by molar-refractivity contribution is 5.76. The first kappa shape index (κ1) is 18.5. The van der Waals surface area contributed by atoms with Crippen LogP contribution < -0.4 is 4.90 Å². The molecule has 0 radical (unpaired) electrons. The summed E-state index contributed by atoms with van der Waals surface area (Å²) in [7, 11) is 3.86. The number of aryl methyl sites for hydroxylation is 2. The first-order chi connectivity index (χ1) is 12.5. The van der Waals surface area contributed by atoms with Gasteiger partial charge in [0.2, 0.25) is 5.91 Å². The van der Waals surface area contributed by atoms with Crippen molar-refractivity contribution >= 4 is 11.6 Å². The van der Waals surface area contributed by atoms with Gasteiger partial charge in [0.25, 0.3) is 0 Å². The average molecular weight is 354 g/mol. The van der Waals surface area contributed by atoms with Crippen molar-refractivity contribution in [2.45, 2.75) is 46.1 Å². The van der Waals surface area contributed by atoms with Gasteiger partial charge in [-0.1, -0.05) is 18.2 Å². The second-order valence-corrected chi connectivity index (χ2v) is 7.35. The maximum atomic E-state index is 12.7. The molecule has 0 aliphatic carbocycles. The van der Waals surface area contributed by atoms with Gasteiger partial charge in [0.05, 0.1) is 5.69 Å². The summed E-state index contributed by atoms with van der Waals surface area (Å²) in [6.45, 7) is 6.98. The molecule has 1 aromatic carbocycles. The number of carbonyl (C=O) groups is 1. The third-order valence-corrected chi connectivity index (χ3v) is 5.52. The lowest BCUT2D eigenvalue weighted by molar-refractivity contribution is -0.130. The van der Waals surface area contributed by atoms with E-state index in [0.29, 0.717) is 13.0 Å². The monoisotopic (exact) mass is 354 g/mol. The topological polar surface area (TPSA) is 41.4 Å². The fourth-order valence-electron chi connectivity index (χ4n) is 3.86. The van der Waals surface area contributed by atoms with Gasteiger partial charge >= 0.3 is 0 Å². The van der Waals surface area contributed by atoms with Gasteiger partial charge in [0.1, 0.15) is 0 Å². The summed E-state index contributed by atoms with van der Waals surface area (Å²) >= 11 is 0. The van der Waals surface area contributed by atoms with Gasteiger partial charge in [-0.3, -0.25) is 9.48 Å². The Bertz CT molecular complexity index is 774. The fourth-order valence-corrected chi connectivity index (χ4v) is 3.86. The van der Waals surface area contributed by atoms with Crippen LogP contribution in [0.25, 0.3) is 0 Å². The van der Waals surface area contributed by atoms with E-state index in [-0.39, 0.29) is 5.91 Å². The van der Waals surface area contributed by atoms with Crippen molar-refractivity contribution in [2.75, 3.05) is 25.0 Å². The highest BCUT2D eigenvalue weighted by atomic mass is 16.2. The smallest absolute Gasteiger partial charge is 0.222 e. The molecule has 1 amide bonds. The number of para-hydroxylation sites is 1. The minimum Gasteiger partial charge on any atom is -0.371 e. The summed E-state index contributed by atoms with van der Waals surface area (Å²) in [5.74, 6) is 0.184. The quantitative estimate of drug-likeness (QED) is 0.800. The first-order valence-electron chi connectivity index (χ1n) is 9.53. The number of aromatic nitrogens is 2. The highest BCUT2D eigenvalue weighted by Crippen LogP contribution is 2.25. The zero-order valence-corrected chi connectivity index (χ0v) is 16.5. The van der Waals surface area contributed by atoms with Crippen molar-refractivity contribution in [3.05, 3.63) is 46.8 Å². The van der Waals surface area contributed by atoms with E-state index < -0.39 is 0 Å². The van der Waals surface area contributed by atoms with Crippen molar-refractivity contribution in [2.24, 2.45) is 7.05 Å². The summed E-state index contributed by atoms with van der Waals surface area (Å²) in [6, 6.07) is 8.48. The maximum absolute atomic E-state index is 12.7. The highest BCUT2D eigenvalue weighted by Gasteiger charge is 2.18. The van der Waals surface area contributed by atoms with Crippen molar-refractivity contribution in [3.63, 3.8) is 0 Å². The number of benzene rings is 1. The van der Waals surface area contributed by atoms with Crippen LogP contribution in [0.5, 0.6) is 0 Å². The van der Waals surface area contributed by atoms with Gasteiger partial charge in [-0.25, -0.2) is 0 Å². The molecule has 2 aromatic rings. The summed E-state index contributed by atoms with van der Waals surface area (Å²) < 4.78 is 1.89. The van der Waals surface area contributed by atoms with Gasteiger partial charge < -0.3 is 9.80 Å². The Kier molecular flexibility index (Phi) is 5.64. The van der Waals surface area contributed by atoms with E-state index in [1.54, 1.807) is 0 Å². The standard InChI is InChI=1S/C21H30N4O/c1-16-19(17(2)24(4)22-16)11-12-21(26)23(3)15-18-9-5-6-10-20(18)25-13-7-8-14-25/h5-6,9-10H,7-8,11-15H2,1-4H3. The molecule has 0 spiro atoms. The minimum atomic E-state index is 0.184. The lowest BCUT2D eigenvalue weighted by Gasteiger charge is -2.24. The minimum absolute atomic E-state index is 0.184. The molecule has 0 saturated carbocycles. The number of nitrogens with zero attached hydrogens (tertiary/aromatic N) is 4. The number of carbonyl (C=O) groups excluding carboxylic acids is 1. The molecule has 5 heteroatoms. The Labute approximate surface area is 156 Å². The van der Waals surface area contributed by atoms with Crippen molar-refractivity contribution in [1.82, 2.24) is 14.7 Å². The first-order valence-corrected chi connectivity index (χ1v) is 9.53. The molecule has 0 bridgehead atoms. The van der Waals surface area contributed by atoms with Gasteiger partial charge in [0, 0.05) is 51.5 Å². The van der Waals surface area contributed by atoms with Crippen LogP contribution in [0.3, 0.4) is 0 Å². The second kappa shape index (κ2) is 7.94. The van der Waals surface area contributed by atoms with Crippen LogP contribution in [0.1, 0.15) is 41.8 Å². The van der Waals surface area contributed by atoms with Crippen LogP contribution in [0.4, 0.5) is 5.69 Å². The Morgan fingerprint density at radius 3 is 2.54 bits per heavy atom. The number of amides is 1. The van der Waals surface area contributed by atoms with E-state index in [9.17, 15) is 4.79 Å². The lowest BCUT2D eigenvalue weighted by atomic mass is 10.1. The number of hydrogen-bond acceptors (Lipinski definition) is 3. The molecular formula is C21H30N4O. The lowest BCUT2D eigenvalue weighted by Crippen LogP contribution is -2.28. The van der Waals surface area contributed by atoms with Crippen LogP contribution in [0, 0.1) is 13.8 Å². The van der Waals surface area contributed by atoms with E-state index >= 15 is 0 Å². The fraction of sp³-hybridized carbons (Fsp3) is 0.524. The Hall–Kier alpha value is -2.30. The molecule has 140 valence electrons. The summed E-state index contributed by atoms with van der Waals surface area (Å²) in [6.07, 6.45) is 3.79. The molecule has 0 N–H and O–H groups in total. The molecule has 1 aliphatic heterocycles. The third kappa shape index (κ3) is 3.92. The largest absolute Gasteiger partial charge is 0.371 e. The molecule has 0 atom stereocenters. The SMILES string of the molecule is Cc1nn(C)c(C)c1CCC(=O)N(C)Cc1ccccc1N1CCCC1. The zero-order valence-electron chi connectivity index (χ0n) is 16.5. The third-order valence-electron chi connectivity index (χ3n) is 5.52. The number of anilines is 1. The molecule has 0 unspecified atom stereocenters. The molecule has 1 saturated heterocycles. The normalized spacial score (nSPS) is 14.1. The molecule has 26 heavy (non-hydrogen) atoms. The Balaban J connectivity index is 1.63. The summed E-state index contributed by atoms with van der Waals surface area (Å²) in [5.41, 5.74) is 5.89.